The Morgan fingerprint density at radius 2 is 1.85 bits per heavy atom. The lowest BCUT2D eigenvalue weighted by Gasteiger charge is -2.13. The van der Waals surface area contributed by atoms with E-state index in [9.17, 15) is 13.2 Å². The van der Waals surface area contributed by atoms with Crippen LogP contribution in [0.5, 0.6) is 11.5 Å². The number of carbonyl (C=O) groups excluding carboxylic acids is 1. The maximum atomic E-state index is 12.9. The maximum Gasteiger partial charge on any atom is 0.339 e. The number of benzene rings is 2. The van der Waals surface area contributed by atoms with Gasteiger partial charge in [-0.2, -0.15) is 8.42 Å². The summed E-state index contributed by atoms with van der Waals surface area (Å²) in [5, 5.41) is 0. The number of hydrogen-bond donors (Lipinski definition) is 0. The van der Waals surface area contributed by atoms with Gasteiger partial charge in [0.15, 0.2) is 15.8 Å². The highest BCUT2D eigenvalue weighted by Crippen LogP contribution is 2.37. The highest BCUT2D eigenvalue weighted by atomic mass is 32.2. The van der Waals surface area contributed by atoms with Crippen LogP contribution in [0.4, 0.5) is 5.69 Å². The molecule has 33 heavy (non-hydrogen) atoms. The summed E-state index contributed by atoms with van der Waals surface area (Å²) in [5.41, 5.74) is 2.15. The van der Waals surface area contributed by atoms with Crippen LogP contribution in [0, 0.1) is 6.92 Å². The molecular weight excluding hydrogens is 480 g/mol. The van der Waals surface area contributed by atoms with Crippen LogP contribution in [0.25, 0.3) is 6.08 Å². The number of aromatic nitrogens is 1. The van der Waals surface area contributed by atoms with Crippen LogP contribution in [0.1, 0.15) is 11.1 Å². The van der Waals surface area contributed by atoms with E-state index in [-0.39, 0.29) is 22.3 Å². The van der Waals surface area contributed by atoms with E-state index in [2.05, 4.69) is 4.98 Å². The summed E-state index contributed by atoms with van der Waals surface area (Å²) in [6.07, 6.45) is 4.85. The number of carbonyl (C=O) groups is 1. The third-order valence-electron chi connectivity index (χ3n) is 4.69. The number of thioether (sulfide) groups is 1. The Balaban J connectivity index is 1.59. The highest BCUT2D eigenvalue weighted by Gasteiger charge is 2.33. The molecule has 0 spiro atoms. The molecule has 4 rings (SSSR count). The van der Waals surface area contributed by atoms with Gasteiger partial charge in [0.1, 0.15) is 4.90 Å². The summed E-state index contributed by atoms with van der Waals surface area (Å²) in [7, 11) is -2.63. The van der Waals surface area contributed by atoms with Crippen LogP contribution >= 0.6 is 24.0 Å². The molecule has 7 nitrogen and oxygen atoms in total. The summed E-state index contributed by atoms with van der Waals surface area (Å²) < 4.78 is 36.3. The lowest BCUT2D eigenvalue weighted by Crippen LogP contribution is -2.27. The Bertz CT molecular complexity index is 1350. The number of thiocarbonyl (C=S) groups is 1. The molecule has 3 aromatic rings. The average molecular weight is 499 g/mol. The van der Waals surface area contributed by atoms with E-state index in [1.165, 1.54) is 42.0 Å². The van der Waals surface area contributed by atoms with Crippen molar-refractivity contribution in [1.82, 2.24) is 4.98 Å². The molecule has 1 aliphatic rings. The van der Waals surface area contributed by atoms with E-state index >= 15 is 0 Å². The molecule has 168 valence electrons. The van der Waals surface area contributed by atoms with Crippen LogP contribution in [0.3, 0.4) is 0 Å². The summed E-state index contributed by atoms with van der Waals surface area (Å²) in [5.74, 6) is -0.0143. The highest BCUT2D eigenvalue weighted by molar-refractivity contribution is 8.27. The molecule has 0 bridgehead atoms. The molecule has 2 aromatic carbocycles. The number of amides is 1. The lowest BCUT2D eigenvalue weighted by atomic mass is 10.2. The molecular formula is C23H18N2O5S3. The molecule has 0 unspecified atom stereocenters. The Morgan fingerprint density at radius 1 is 1.09 bits per heavy atom. The zero-order valence-corrected chi connectivity index (χ0v) is 20.0. The first kappa shape index (κ1) is 23.0. The fraction of sp³-hybridized carbons (Fsp3) is 0.0870. The van der Waals surface area contributed by atoms with Crippen molar-refractivity contribution in [2.75, 3.05) is 12.0 Å². The smallest absolute Gasteiger partial charge is 0.339 e. The second kappa shape index (κ2) is 9.34. The minimum absolute atomic E-state index is 0.0399. The molecule has 10 heteroatoms. The summed E-state index contributed by atoms with van der Waals surface area (Å²) >= 11 is 6.54. The van der Waals surface area contributed by atoms with Gasteiger partial charge in [-0.25, -0.2) is 0 Å². The van der Waals surface area contributed by atoms with Gasteiger partial charge in [0.2, 0.25) is 0 Å². The van der Waals surface area contributed by atoms with E-state index in [4.69, 9.17) is 21.1 Å². The van der Waals surface area contributed by atoms with Crippen molar-refractivity contribution in [3.05, 3.63) is 83.0 Å². The fourth-order valence-electron chi connectivity index (χ4n) is 3.04. The van der Waals surface area contributed by atoms with Gasteiger partial charge in [-0.1, -0.05) is 47.7 Å². The third kappa shape index (κ3) is 4.92. The zero-order chi connectivity index (χ0) is 23.6. The number of pyridine rings is 1. The number of hydrogen-bond acceptors (Lipinski definition) is 8. The van der Waals surface area contributed by atoms with Crippen LogP contribution in [-0.4, -0.2) is 30.7 Å². The quantitative estimate of drug-likeness (QED) is 0.278. The van der Waals surface area contributed by atoms with Gasteiger partial charge in [-0.15, -0.1) is 0 Å². The zero-order valence-electron chi connectivity index (χ0n) is 17.6. The normalized spacial score (nSPS) is 15.2. The Hall–Kier alpha value is -3.21. The van der Waals surface area contributed by atoms with E-state index < -0.39 is 10.1 Å². The van der Waals surface area contributed by atoms with Crippen LogP contribution in [0.2, 0.25) is 0 Å². The lowest BCUT2D eigenvalue weighted by molar-refractivity contribution is -0.113. The van der Waals surface area contributed by atoms with Crippen LogP contribution in [-0.2, 0) is 14.9 Å². The van der Waals surface area contributed by atoms with Crippen molar-refractivity contribution in [1.29, 1.82) is 0 Å². The molecule has 0 atom stereocenters. The van der Waals surface area contributed by atoms with Crippen molar-refractivity contribution in [2.45, 2.75) is 11.8 Å². The first-order chi connectivity index (χ1) is 15.8. The van der Waals surface area contributed by atoms with Crippen LogP contribution < -0.4 is 13.8 Å². The molecule has 2 heterocycles. The van der Waals surface area contributed by atoms with Gasteiger partial charge in [0.05, 0.1) is 23.9 Å². The standard InChI is InChI=1S/C23H18N2O5S3/c1-15-5-8-18(9-6-15)33(27,28)30-19-10-7-16(12-20(19)29-2)13-21-22(26)25(23(31)32-21)17-4-3-11-24-14-17/h3-14H,1-2H3/b21-13-. The second-order valence-corrected chi connectivity index (χ2v) is 10.2. The Morgan fingerprint density at radius 3 is 2.52 bits per heavy atom. The Kier molecular flexibility index (Phi) is 6.50. The van der Waals surface area contributed by atoms with Crippen molar-refractivity contribution in [3.63, 3.8) is 0 Å². The van der Waals surface area contributed by atoms with E-state index in [0.29, 0.717) is 20.5 Å². The van der Waals surface area contributed by atoms with Gasteiger partial charge in [-0.3, -0.25) is 14.7 Å². The van der Waals surface area contributed by atoms with Crippen molar-refractivity contribution in [3.8, 4) is 11.5 Å². The average Bonchev–Trinajstić information content (AvgIpc) is 3.08. The van der Waals surface area contributed by atoms with Crippen molar-refractivity contribution >= 4 is 56.1 Å². The molecule has 0 N–H and O–H groups in total. The van der Waals surface area contributed by atoms with Crippen molar-refractivity contribution in [2.24, 2.45) is 0 Å². The predicted molar refractivity (Wildman–Crippen MR) is 132 cm³/mol. The van der Waals surface area contributed by atoms with Gasteiger partial charge >= 0.3 is 10.1 Å². The second-order valence-electron chi connectivity index (χ2n) is 6.99. The van der Waals surface area contributed by atoms with E-state index in [1.807, 2.05) is 6.92 Å². The SMILES string of the molecule is COc1cc(/C=C2\SC(=S)N(c3cccnc3)C2=O)ccc1OS(=O)(=O)c1ccc(C)cc1. The molecule has 0 saturated carbocycles. The first-order valence-corrected chi connectivity index (χ1v) is 12.3. The largest absolute Gasteiger partial charge is 0.493 e. The van der Waals surface area contributed by atoms with Gasteiger partial charge in [0.25, 0.3) is 5.91 Å². The van der Waals surface area contributed by atoms with E-state index in [1.54, 1.807) is 54.9 Å². The topological polar surface area (TPSA) is 85.8 Å². The van der Waals surface area contributed by atoms with E-state index in [0.717, 1.165) is 5.56 Å². The number of ether oxygens (including phenoxy) is 1. The number of methoxy groups -OCH3 is 1. The molecule has 1 aromatic heterocycles. The fourth-order valence-corrected chi connectivity index (χ4v) is 5.28. The third-order valence-corrected chi connectivity index (χ3v) is 7.24. The minimum atomic E-state index is -4.04. The molecule has 1 saturated heterocycles. The number of aryl methyl sites for hydroxylation is 1. The molecule has 1 fully saturated rings. The summed E-state index contributed by atoms with van der Waals surface area (Å²) in [6.45, 7) is 1.86. The van der Waals surface area contributed by atoms with Crippen molar-refractivity contribution < 1.29 is 22.1 Å². The number of nitrogens with zero attached hydrogens (tertiary/aromatic N) is 2. The summed E-state index contributed by atoms with van der Waals surface area (Å²) in [6, 6.07) is 14.5. The van der Waals surface area contributed by atoms with Crippen LogP contribution in [0.15, 0.2) is 76.8 Å². The summed E-state index contributed by atoms with van der Waals surface area (Å²) in [4.78, 5) is 18.8. The molecule has 1 aliphatic heterocycles. The Labute approximate surface area is 201 Å². The van der Waals surface area contributed by atoms with Gasteiger partial charge in [0, 0.05) is 6.20 Å². The monoisotopic (exact) mass is 498 g/mol. The molecule has 0 radical (unpaired) electrons. The van der Waals surface area contributed by atoms with Gasteiger partial charge < -0.3 is 8.92 Å². The number of rotatable bonds is 6. The maximum absolute atomic E-state index is 12.9. The molecule has 1 amide bonds. The minimum Gasteiger partial charge on any atom is -0.493 e. The number of anilines is 1. The predicted octanol–water partition coefficient (Wildman–Crippen LogP) is 4.57. The van der Waals surface area contributed by atoms with Gasteiger partial charge in [-0.05, 0) is 55.0 Å². The first-order valence-electron chi connectivity index (χ1n) is 9.66. The molecule has 0 aliphatic carbocycles.